The Hall–Kier alpha value is -1.87. The lowest BCUT2D eigenvalue weighted by atomic mass is 10.1. The van der Waals surface area contributed by atoms with Crippen molar-refractivity contribution < 1.29 is 0 Å². The number of rotatable bonds is 6. The maximum atomic E-state index is 4.28. The van der Waals surface area contributed by atoms with Gasteiger partial charge in [-0.3, -0.25) is 4.99 Å². The van der Waals surface area contributed by atoms with Crippen molar-refractivity contribution in [1.29, 1.82) is 0 Å². The zero-order valence-corrected chi connectivity index (χ0v) is 18.1. The molecule has 0 saturated heterocycles. The normalized spacial score (nSPS) is 11.1. The van der Waals surface area contributed by atoms with Crippen LogP contribution in [0.1, 0.15) is 22.5 Å². The molecule has 3 rings (SSSR count). The molecular formula is C19H24IN5S. The van der Waals surface area contributed by atoms with Crippen molar-refractivity contribution in [3.8, 4) is 0 Å². The fourth-order valence-electron chi connectivity index (χ4n) is 2.59. The zero-order valence-electron chi connectivity index (χ0n) is 15.0. The molecule has 0 bridgehead atoms. The predicted molar refractivity (Wildman–Crippen MR) is 119 cm³/mol. The predicted octanol–water partition coefficient (Wildman–Crippen LogP) is 3.78. The van der Waals surface area contributed by atoms with Crippen molar-refractivity contribution in [2.75, 3.05) is 7.05 Å². The zero-order chi connectivity index (χ0) is 17.5. The summed E-state index contributed by atoms with van der Waals surface area (Å²) in [5.41, 5.74) is 3.76. The number of nitrogens with one attached hydrogen (secondary N) is 2. The SMILES string of the molecule is CN=C(NCc1ccsc1)NCc1cccc(Cn2ccnc2C)c1.I. The molecular weight excluding hydrogens is 457 g/mol. The summed E-state index contributed by atoms with van der Waals surface area (Å²) in [6.07, 6.45) is 3.85. The van der Waals surface area contributed by atoms with E-state index in [1.54, 1.807) is 18.4 Å². The highest BCUT2D eigenvalue weighted by molar-refractivity contribution is 14.0. The smallest absolute Gasteiger partial charge is 0.191 e. The molecule has 0 aliphatic carbocycles. The number of benzene rings is 1. The second-order valence-electron chi connectivity index (χ2n) is 5.83. The highest BCUT2D eigenvalue weighted by atomic mass is 127. The van der Waals surface area contributed by atoms with Gasteiger partial charge in [-0.1, -0.05) is 24.3 Å². The highest BCUT2D eigenvalue weighted by Crippen LogP contribution is 2.09. The highest BCUT2D eigenvalue weighted by Gasteiger charge is 2.02. The molecule has 26 heavy (non-hydrogen) atoms. The third kappa shape index (κ3) is 5.84. The largest absolute Gasteiger partial charge is 0.352 e. The molecule has 0 aliphatic rings. The second kappa shape index (κ2) is 10.3. The minimum Gasteiger partial charge on any atom is -0.352 e. The van der Waals surface area contributed by atoms with Crippen molar-refractivity contribution in [2.45, 2.75) is 26.6 Å². The number of aliphatic imine (C=N–C) groups is 1. The lowest BCUT2D eigenvalue weighted by Crippen LogP contribution is -2.36. The summed E-state index contributed by atoms with van der Waals surface area (Å²) in [5.74, 6) is 1.84. The van der Waals surface area contributed by atoms with Gasteiger partial charge < -0.3 is 15.2 Å². The van der Waals surface area contributed by atoms with Crippen LogP contribution >= 0.6 is 35.3 Å². The Bertz CT molecular complexity index is 826. The molecule has 0 aliphatic heterocycles. The Kier molecular flexibility index (Phi) is 8.11. The summed E-state index contributed by atoms with van der Waals surface area (Å²) in [6.45, 7) is 4.38. The van der Waals surface area contributed by atoms with Crippen LogP contribution in [0.5, 0.6) is 0 Å². The first-order valence-electron chi connectivity index (χ1n) is 8.26. The molecule has 0 amide bonds. The number of hydrogen-bond donors (Lipinski definition) is 2. The number of nitrogens with zero attached hydrogens (tertiary/aromatic N) is 3. The second-order valence-corrected chi connectivity index (χ2v) is 6.61. The maximum absolute atomic E-state index is 4.28. The van der Waals surface area contributed by atoms with Crippen LogP contribution in [-0.4, -0.2) is 22.6 Å². The molecule has 138 valence electrons. The first-order chi connectivity index (χ1) is 12.2. The molecule has 0 radical (unpaired) electrons. The molecule has 2 heterocycles. The lowest BCUT2D eigenvalue weighted by Gasteiger charge is -2.12. The van der Waals surface area contributed by atoms with Crippen molar-refractivity contribution >= 4 is 41.3 Å². The van der Waals surface area contributed by atoms with E-state index in [0.29, 0.717) is 0 Å². The summed E-state index contributed by atoms with van der Waals surface area (Å²) in [4.78, 5) is 8.56. The molecule has 5 nitrogen and oxygen atoms in total. The number of aryl methyl sites for hydroxylation is 1. The Labute approximate surface area is 175 Å². The van der Waals surface area contributed by atoms with Crippen LogP contribution in [0.15, 0.2) is 58.5 Å². The van der Waals surface area contributed by atoms with E-state index in [9.17, 15) is 0 Å². The molecule has 7 heteroatoms. The van der Waals surface area contributed by atoms with Crippen LogP contribution in [0.4, 0.5) is 0 Å². The van der Waals surface area contributed by atoms with E-state index >= 15 is 0 Å². The molecule has 0 saturated carbocycles. The molecule has 2 aromatic heterocycles. The number of thiophene rings is 1. The molecule has 0 unspecified atom stereocenters. The van der Waals surface area contributed by atoms with Gasteiger partial charge in [-0.15, -0.1) is 24.0 Å². The molecule has 3 aromatic rings. The molecule has 2 N–H and O–H groups in total. The van der Waals surface area contributed by atoms with Gasteiger partial charge in [0.15, 0.2) is 5.96 Å². The Morgan fingerprint density at radius 1 is 1.15 bits per heavy atom. The van der Waals surface area contributed by atoms with Gasteiger partial charge in [-0.05, 0) is 40.4 Å². The summed E-state index contributed by atoms with van der Waals surface area (Å²) in [6, 6.07) is 10.7. The van der Waals surface area contributed by atoms with E-state index in [1.165, 1.54) is 16.7 Å². The van der Waals surface area contributed by atoms with Gasteiger partial charge in [0.2, 0.25) is 0 Å². The minimum absolute atomic E-state index is 0. The van der Waals surface area contributed by atoms with Crippen molar-refractivity contribution in [3.05, 3.63) is 76.0 Å². The van der Waals surface area contributed by atoms with Gasteiger partial charge in [0.1, 0.15) is 5.82 Å². The van der Waals surface area contributed by atoms with Crippen LogP contribution in [0.3, 0.4) is 0 Å². The van der Waals surface area contributed by atoms with E-state index in [2.05, 4.69) is 66.3 Å². The van der Waals surface area contributed by atoms with Crippen LogP contribution in [-0.2, 0) is 19.6 Å². The Balaban J connectivity index is 0.00000243. The maximum Gasteiger partial charge on any atom is 0.191 e. The fourth-order valence-corrected chi connectivity index (χ4v) is 3.26. The van der Waals surface area contributed by atoms with Crippen LogP contribution in [0.2, 0.25) is 0 Å². The summed E-state index contributed by atoms with van der Waals surface area (Å²) >= 11 is 1.71. The van der Waals surface area contributed by atoms with Gasteiger partial charge in [-0.2, -0.15) is 11.3 Å². The topological polar surface area (TPSA) is 54.2 Å². The van der Waals surface area contributed by atoms with Crippen LogP contribution in [0.25, 0.3) is 0 Å². The molecule has 1 aromatic carbocycles. The standard InChI is InChI=1S/C19H23N5S.HI/c1-15-21-7-8-24(15)13-17-5-3-4-16(10-17)11-22-19(20-2)23-12-18-6-9-25-14-18;/h3-10,14H,11-13H2,1-2H3,(H2,20,22,23);1H. The number of hydrogen-bond acceptors (Lipinski definition) is 3. The third-order valence-corrected chi connectivity index (χ3v) is 4.72. The van der Waals surface area contributed by atoms with E-state index < -0.39 is 0 Å². The average Bonchev–Trinajstić information content (AvgIpc) is 3.28. The average molecular weight is 481 g/mol. The molecule has 0 atom stereocenters. The lowest BCUT2D eigenvalue weighted by molar-refractivity contribution is 0.758. The van der Waals surface area contributed by atoms with E-state index in [0.717, 1.165) is 31.4 Å². The minimum atomic E-state index is 0. The van der Waals surface area contributed by atoms with Gasteiger partial charge >= 0.3 is 0 Å². The van der Waals surface area contributed by atoms with E-state index in [-0.39, 0.29) is 24.0 Å². The number of halogens is 1. The summed E-state index contributed by atoms with van der Waals surface area (Å²) < 4.78 is 2.15. The monoisotopic (exact) mass is 481 g/mol. The van der Waals surface area contributed by atoms with Gasteiger partial charge in [0.05, 0.1) is 0 Å². The quantitative estimate of drug-likeness (QED) is 0.320. The van der Waals surface area contributed by atoms with Crippen molar-refractivity contribution in [1.82, 2.24) is 20.2 Å². The van der Waals surface area contributed by atoms with Crippen LogP contribution < -0.4 is 10.6 Å². The van der Waals surface area contributed by atoms with Crippen LogP contribution in [0, 0.1) is 6.92 Å². The number of imidazole rings is 1. The summed E-state index contributed by atoms with van der Waals surface area (Å²) in [7, 11) is 1.79. The molecule has 0 fully saturated rings. The summed E-state index contributed by atoms with van der Waals surface area (Å²) in [5, 5.41) is 10.9. The number of aromatic nitrogens is 2. The van der Waals surface area contributed by atoms with Crippen molar-refractivity contribution in [3.63, 3.8) is 0 Å². The van der Waals surface area contributed by atoms with E-state index in [1.807, 2.05) is 19.3 Å². The van der Waals surface area contributed by atoms with Gasteiger partial charge in [0, 0.05) is 39.1 Å². The number of guanidine groups is 1. The Morgan fingerprint density at radius 2 is 1.92 bits per heavy atom. The van der Waals surface area contributed by atoms with E-state index in [4.69, 9.17) is 0 Å². The third-order valence-electron chi connectivity index (χ3n) is 3.99. The fraction of sp³-hybridized carbons (Fsp3) is 0.263. The van der Waals surface area contributed by atoms with Crippen molar-refractivity contribution in [2.24, 2.45) is 4.99 Å². The molecule has 0 spiro atoms. The van der Waals surface area contributed by atoms with Gasteiger partial charge in [0.25, 0.3) is 0 Å². The first-order valence-corrected chi connectivity index (χ1v) is 9.20. The van der Waals surface area contributed by atoms with Gasteiger partial charge in [-0.25, -0.2) is 4.98 Å². The first kappa shape index (κ1) is 20.4. The Morgan fingerprint density at radius 3 is 2.58 bits per heavy atom.